The summed E-state index contributed by atoms with van der Waals surface area (Å²) in [5.74, 6) is 0.126. The molecule has 1 aliphatic heterocycles. The second kappa shape index (κ2) is 4.97. The number of carbonyl (C=O) groups is 1. The van der Waals surface area contributed by atoms with Crippen molar-refractivity contribution in [3.63, 3.8) is 0 Å². The van der Waals surface area contributed by atoms with Crippen LogP contribution >= 0.6 is 0 Å². The number of carboxylic acid groups (broad SMARTS) is 1. The summed E-state index contributed by atoms with van der Waals surface area (Å²) < 4.78 is 0. The maximum Gasteiger partial charge on any atom is 0.307 e. The lowest BCUT2D eigenvalue weighted by Crippen LogP contribution is -2.29. The molecule has 1 N–H and O–H groups in total. The molecule has 3 heteroatoms. The number of likely N-dealkylation sites (tertiary alicyclic amines) is 1. The molecule has 0 aromatic carbocycles. The monoisotopic (exact) mass is 211 g/mol. The number of rotatable bonds is 3. The first kappa shape index (κ1) is 10.9. The Morgan fingerprint density at radius 3 is 2.53 bits per heavy atom. The van der Waals surface area contributed by atoms with Gasteiger partial charge in [-0.15, -0.1) is 0 Å². The van der Waals surface area contributed by atoms with Gasteiger partial charge in [0.1, 0.15) is 0 Å². The van der Waals surface area contributed by atoms with Crippen LogP contribution in [0.15, 0.2) is 0 Å². The van der Waals surface area contributed by atoms with E-state index in [1.807, 2.05) is 0 Å². The molecule has 1 saturated heterocycles. The summed E-state index contributed by atoms with van der Waals surface area (Å²) in [5.41, 5.74) is 0. The van der Waals surface area contributed by atoms with E-state index in [-0.39, 0.29) is 5.92 Å². The first-order valence-electron chi connectivity index (χ1n) is 6.21. The third-order valence-electron chi connectivity index (χ3n) is 3.86. The molecular formula is C12H21NO2. The third kappa shape index (κ3) is 2.94. The molecule has 1 atom stereocenters. The van der Waals surface area contributed by atoms with E-state index in [4.69, 9.17) is 5.11 Å². The molecular weight excluding hydrogens is 190 g/mol. The van der Waals surface area contributed by atoms with Gasteiger partial charge in [0, 0.05) is 13.1 Å². The van der Waals surface area contributed by atoms with E-state index in [0.717, 1.165) is 32.0 Å². The van der Waals surface area contributed by atoms with Gasteiger partial charge in [-0.3, -0.25) is 4.79 Å². The van der Waals surface area contributed by atoms with Gasteiger partial charge in [0.25, 0.3) is 0 Å². The number of hydrogen-bond acceptors (Lipinski definition) is 2. The molecule has 0 amide bonds. The van der Waals surface area contributed by atoms with E-state index in [1.165, 1.54) is 32.1 Å². The summed E-state index contributed by atoms with van der Waals surface area (Å²) in [6.45, 7) is 2.92. The fourth-order valence-electron chi connectivity index (χ4n) is 2.93. The number of nitrogens with zero attached hydrogens (tertiary/aromatic N) is 1. The van der Waals surface area contributed by atoms with Crippen molar-refractivity contribution in [3.8, 4) is 0 Å². The Kier molecular flexibility index (Phi) is 3.62. The summed E-state index contributed by atoms with van der Waals surface area (Å²) in [4.78, 5) is 13.2. The Morgan fingerprint density at radius 2 is 1.93 bits per heavy atom. The molecule has 2 fully saturated rings. The third-order valence-corrected chi connectivity index (χ3v) is 3.86. The molecule has 2 aliphatic rings. The Morgan fingerprint density at radius 1 is 1.20 bits per heavy atom. The molecule has 15 heavy (non-hydrogen) atoms. The quantitative estimate of drug-likeness (QED) is 0.776. The number of carboxylic acids is 1. The van der Waals surface area contributed by atoms with Crippen LogP contribution in [0.1, 0.15) is 38.5 Å². The Balaban J connectivity index is 1.74. The Bertz CT molecular complexity index is 224. The number of aliphatic carboxylic acids is 1. The van der Waals surface area contributed by atoms with Gasteiger partial charge < -0.3 is 10.0 Å². The van der Waals surface area contributed by atoms with Gasteiger partial charge in [-0.2, -0.15) is 0 Å². The summed E-state index contributed by atoms with van der Waals surface area (Å²) in [6.07, 6.45) is 7.71. The summed E-state index contributed by atoms with van der Waals surface area (Å²) in [7, 11) is 0. The lowest BCUT2D eigenvalue weighted by molar-refractivity contribution is -0.141. The first-order chi connectivity index (χ1) is 7.25. The van der Waals surface area contributed by atoms with E-state index in [2.05, 4.69) is 4.90 Å². The fourth-order valence-corrected chi connectivity index (χ4v) is 2.93. The predicted octanol–water partition coefficient (Wildman–Crippen LogP) is 1.97. The van der Waals surface area contributed by atoms with Crippen molar-refractivity contribution < 1.29 is 9.90 Å². The normalized spacial score (nSPS) is 29.5. The van der Waals surface area contributed by atoms with Gasteiger partial charge >= 0.3 is 5.97 Å². The lowest BCUT2D eigenvalue weighted by atomic mass is 9.89. The van der Waals surface area contributed by atoms with Crippen molar-refractivity contribution in [2.75, 3.05) is 19.6 Å². The van der Waals surface area contributed by atoms with Crippen LogP contribution in [0.3, 0.4) is 0 Å². The van der Waals surface area contributed by atoms with Crippen molar-refractivity contribution in [2.45, 2.75) is 38.5 Å². The van der Waals surface area contributed by atoms with E-state index < -0.39 is 5.97 Å². The van der Waals surface area contributed by atoms with Crippen LogP contribution in [0.2, 0.25) is 0 Å². The van der Waals surface area contributed by atoms with Crippen LogP contribution in [-0.4, -0.2) is 35.6 Å². The van der Waals surface area contributed by atoms with Crippen molar-refractivity contribution >= 4 is 5.97 Å². The second-order valence-electron chi connectivity index (χ2n) is 5.09. The standard InChI is InChI=1S/C12H21NO2/c14-12(15)11-6-7-13(9-11)8-10-4-2-1-3-5-10/h10-11H,1-9H2,(H,14,15)/t11-/m1/s1. The highest BCUT2D eigenvalue weighted by Gasteiger charge is 2.29. The Labute approximate surface area is 91.5 Å². The maximum atomic E-state index is 10.8. The number of hydrogen-bond donors (Lipinski definition) is 1. The van der Waals surface area contributed by atoms with Gasteiger partial charge in [-0.1, -0.05) is 19.3 Å². The molecule has 0 spiro atoms. The minimum atomic E-state index is -0.610. The molecule has 1 aliphatic carbocycles. The molecule has 1 heterocycles. The van der Waals surface area contributed by atoms with E-state index in [9.17, 15) is 4.79 Å². The molecule has 1 saturated carbocycles. The average molecular weight is 211 g/mol. The van der Waals surface area contributed by atoms with E-state index >= 15 is 0 Å². The molecule has 0 aromatic heterocycles. The summed E-state index contributed by atoms with van der Waals surface area (Å²) in [6, 6.07) is 0. The molecule has 0 unspecified atom stereocenters. The van der Waals surface area contributed by atoms with E-state index in [0.29, 0.717) is 0 Å². The first-order valence-corrected chi connectivity index (χ1v) is 6.21. The smallest absolute Gasteiger partial charge is 0.307 e. The maximum absolute atomic E-state index is 10.8. The molecule has 2 rings (SSSR count). The average Bonchev–Trinajstić information content (AvgIpc) is 2.68. The zero-order chi connectivity index (χ0) is 10.7. The van der Waals surface area contributed by atoms with Crippen molar-refractivity contribution in [1.29, 1.82) is 0 Å². The van der Waals surface area contributed by atoms with Crippen LogP contribution in [0.5, 0.6) is 0 Å². The SMILES string of the molecule is O=C(O)[C@@H]1CCN(CC2CCCCC2)C1. The van der Waals surface area contributed by atoms with Crippen molar-refractivity contribution in [2.24, 2.45) is 11.8 Å². The molecule has 0 bridgehead atoms. The van der Waals surface area contributed by atoms with Gasteiger partial charge in [0.05, 0.1) is 5.92 Å². The second-order valence-corrected chi connectivity index (χ2v) is 5.09. The van der Waals surface area contributed by atoms with Crippen LogP contribution < -0.4 is 0 Å². The minimum Gasteiger partial charge on any atom is -0.481 e. The largest absolute Gasteiger partial charge is 0.481 e. The molecule has 86 valence electrons. The molecule has 3 nitrogen and oxygen atoms in total. The topological polar surface area (TPSA) is 40.5 Å². The summed E-state index contributed by atoms with van der Waals surface area (Å²) in [5, 5.41) is 8.91. The highest BCUT2D eigenvalue weighted by atomic mass is 16.4. The lowest BCUT2D eigenvalue weighted by Gasteiger charge is -2.26. The zero-order valence-electron chi connectivity index (χ0n) is 9.32. The summed E-state index contributed by atoms with van der Waals surface area (Å²) >= 11 is 0. The predicted molar refractivity (Wildman–Crippen MR) is 58.8 cm³/mol. The molecule has 0 radical (unpaired) electrons. The van der Waals surface area contributed by atoms with E-state index in [1.54, 1.807) is 0 Å². The minimum absolute atomic E-state index is 0.103. The van der Waals surface area contributed by atoms with Crippen LogP contribution in [0.25, 0.3) is 0 Å². The Hall–Kier alpha value is -0.570. The van der Waals surface area contributed by atoms with Gasteiger partial charge in [-0.05, 0) is 31.7 Å². The van der Waals surface area contributed by atoms with Gasteiger partial charge in [0.2, 0.25) is 0 Å². The zero-order valence-corrected chi connectivity index (χ0v) is 9.32. The fraction of sp³-hybridized carbons (Fsp3) is 0.917. The van der Waals surface area contributed by atoms with Crippen LogP contribution in [0.4, 0.5) is 0 Å². The molecule has 0 aromatic rings. The van der Waals surface area contributed by atoms with Gasteiger partial charge in [-0.25, -0.2) is 0 Å². The van der Waals surface area contributed by atoms with Crippen LogP contribution in [-0.2, 0) is 4.79 Å². The van der Waals surface area contributed by atoms with Gasteiger partial charge in [0.15, 0.2) is 0 Å². The van der Waals surface area contributed by atoms with Crippen molar-refractivity contribution in [1.82, 2.24) is 4.90 Å². The highest BCUT2D eigenvalue weighted by molar-refractivity contribution is 5.70. The highest BCUT2D eigenvalue weighted by Crippen LogP contribution is 2.26. The van der Waals surface area contributed by atoms with Crippen molar-refractivity contribution in [3.05, 3.63) is 0 Å². The van der Waals surface area contributed by atoms with Crippen LogP contribution in [0, 0.1) is 11.8 Å².